The van der Waals surface area contributed by atoms with Crippen molar-refractivity contribution in [3.05, 3.63) is 53.7 Å². The number of pyridine rings is 1. The molecule has 2 aromatic rings. The molecule has 1 aromatic carbocycles. The molecule has 4 rings (SSSR count). The zero-order chi connectivity index (χ0) is 20.2. The smallest absolute Gasteiger partial charge is 0.272 e. The lowest BCUT2D eigenvalue weighted by atomic mass is 10.2. The second-order valence-corrected chi connectivity index (χ2v) is 8.07. The van der Waals surface area contributed by atoms with Crippen LogP contribution in [0.25, 0.3) is 0 Å². The fourth-order valence-corrected chi connectivity index (χ4v) is 4.03. The SMILES string of the molecule is Cc1ccccc1OC1CCN(C(=O)c2cccc(N3CCCN(C)CC3)n2)C1.Cl. The van der Waals surface area contributed by atoms with Crippen molar-refractivity contribution in [2.24, 2.45) is 0 Å². The van der Waals surface area contributed by atoms with Gasteiger partial charge in [0.2, 0.25) is 0 Å². The molecule has 1 unspecified atom stereocenters. The van der Waals surface area contributed by atoms with Gasteiger partial charge in [0.25, 0.3) is 5.91 Å². The second-order valence-electron chi connectivity index (χ2n) is 8.07. The minimum absolute atomic E-state index is 0. The maximum absolute atomic E-state index is 13.0. The average Bonchev–Trinajstić information content (AvgIpc) is 3.09. The molecular weight excluding hydrogens is 400 g/mol. The van der Waals surface area contributed by atoms with Crippen LogP contribution in [-0.2, 0) is 0 Å². The van der Waals surface area contributed by atoms with Gasteiger partial charge in [0.15, 0.2) is 0 Å². The lowest BCUT2D eigenvalue weighted by Gasteiger charge is -2.23. The van der Waals surface area contributed by atoms with Gasteiger partial charge in [-0.3, -0.25) is 4.79 Å². The van der Waals surface area contributed by atoms with Crippen molar-refractivity contribution in [2.75, 3.05) is 51.2 Å². The number of aromatic nitrogens is 1. The van der Waals surface area contributed by atoms with Crippen molar-refractivity contribution in [1.82, 2.24) is 14.8 Å². The van der Waals surface area contributed by atoms with Gasteiger partial charge in [-0.2, -0.15) is 0 Å². The van der Waals surface area contributed by atoms with Crippen molar-refractivity contribution in [3.8, 4) is 5.75 Å². The standard InChI is InChI=1S/C23H30N4O2.ClH/c1-18-7-3-4-9-21(18)29-19-11-14-27(17-19)23(28)20-8-5-10-22(24-20)26-13-6-12-25(2)15-16-26;/h3-5,7-10,19H,6,11-17H2,1-2H3;1H. The number of carbonyl (C=O) groups excluding carboxylic acids is 1. The number of hydrogen-bond acceptors (Lipinski definition) is 5. The fourth-order valence-electron chi connectivity index (χ4n) is 4.03. The lowest BCUT2D eigenvalue weighted by molar-refractivity contribution is 0.0766. The number of amides is 1. The van der Waals surface area contributed by atoms with Crippen LogP contribution in [0.4, 0.5) is 5.82 Å². The van der Waals surface area contributed by atoms with Gasteiger partial charge < -0.3 is 19.4 Å². The molecule has 1 amide bonds. The molecule has 0 radical (unpaired) electrons. The first-order valence-corrected chi connectivity index (χ1v) is 10.5. The zero-order valence-electron chi connectivity index (χ0n) is 17.8. The first kappa shape index (κ1) is 22.4. The van der Waals surface area contributed by atoms with Crippen LogP contribution in [0.2, 0.25) is 0 Å². The number of likely N-dealkylation sites (N-methyl/N-ethyl adjacent to an activating group) is 1. The predicted molar refractivity (Wildman–Crippen MR) is 122 cm³/mol. The summed E-state index contributed by atoms with van der Waals surface area (Å²) < 4.78 is 6.14. The van der Waals surface area contributed by atoms with Crippen molar-refractivity contribution in [2.45, 2.75) is 25.9 Å². The molecule has 0 bridgehead atoms. The van der Waals surface area contributed by atoms with Gasteiger partial charge in [-0.05, 0) is 50.7 Å². The second kappa shape index (κ2) is 10.1. The van der Waals surface area contributed by atoms with E-state index in [0.717, 1.165) is 56.2 Å². The molecule has 2 fully saturated rings. The van der Waals surface area contributed by atoms with Crippen LogP contribution in [0.5, 0.6) is 5.75 Å². The van der Waals surface area contributed by atoms with E-state index in [1.165, 1.54) is 0 Å². The summed E-state index contributed by atoms with van der Waals surface area (Å²) in [7, 11) is 2.15. The Kier molecular flexibility index (Phi) is 7.56. The van der Waals surface area contributed by atoms with Crippen LogP contribution >= 0.6 is 12.4 Å². The number of nitrogens with zero attached hydrogens (tertiary/aromatic N) is 4. The molecule has 6 nitrogen and oxygen atoms in total. The molecule has 0 spiro atoms. The van der Waals surface area contributed by atoms with E-state index in [-0.39, 0.29) is 24.4 Å². The van der Waals surface area contributed by atoms with Crippen LogP contribution in [0.1, 0.15) is 28.9 Å². The Morgan fingerprint density at radius 2 is 1.87 bits per heavy atom. The first-order chi connectivity index (χ1) is 14.1. The third-order valence-corrected chi connectivity index (χ3v) is 5.82. The summed E-state index contributed by atoms with van der Waals surface area (Å²) >= 11 is 0. The molecule has 3 heterocycles. The summed E-state index contributed by atoms with van der Waals surface area (Å²) in [5, 5.41) is 0. The monoisotopic (exact) mass is 430 g/mol. The van der Waals surface area contributed by atoms with Crippen molar-refractivity contribution < 1.29 is 9.53 Å². The molecule has 7 heteroatoms. The molecule has 2 saturated heterocycles. The predicted octanol–water partition coefficient (Wildman–Crippen LogP) is 3.25. The third kappa shape index (κ3) is 5.24. The fraction of sp³-hybridized carbons (Fsp3) is 0.478. The molecule has 30 heavy (non-hydrogen) atoms. The number of likely N-dealkylation sites (tertiary alicyclic amines) is 1. The van der Waals surface area contributed by atoms with E-state index in [9.17, 15) is 4.79 Å². The molecule has 0 saturated carbocycles. The van der Waals surface area contributed by atoms with E-state index in [1.54, 1.807) is 0 Å². The summed E-state index contributed by atoms with van der Waals surface area (Å²) in [5.74, 6) is 1.80. The Morgan fingerprint density at radius 1 is 1.03 bits per heavy atom. The molecule has 2 aliphatic rings. The minimum Gasteiger partial charge on any atom is -0.488 e. The highest BCUT2D eigenvalue weighted by Gasteiger charge is 2.29. The number of benzene rings is 1. The highest BCUT2D eigenvalue weighted by Crippen LogP contribution is 2.23. The first-order valence-electron chi connectivity index (χ1n) is 10.5. The summed E-state index contributed by atoms with van der Waals surface area (Å²) in [5.41, 5.74) is 1.64. The Balaban J connectivity index is 0.00000256. The van der Waals surface area contributed by atoms with Crippen molar-refractivity contribution in [3.63, 3.8) is 0 Å². The number of hydrogen-bond donors (Lipinski definition) is 0. The molecule has 0 aliphatic carbocycles. The van der Waals surface area contributed by atoms with Crippen molar-refractivity contribution >= 4 is 24.1 Å². The highest BCUT2D eigenvalue weighted by molar-refractivity contribution is 5.93. The topological polar surface area (TPSA) is 48.9 Å². The van der Waals surface area contributed by atoms with Crippen LogP contribution in [0, 0.1) is 6.92 Å². The third-order valence-electron chi connectivity index (χ3n) is 5.82. The Hall–Kier alpha value is -2.31. The zero-order valence-corrected chi connectivity index (χ0v) is 18.6. The summed E-state index contributed by atoms with van der Waals surface area (Å²) in [6.45, 7) is 7.39. The molecule has 1 aromatic heterocycles. The summed E-state index contributed by atoms with van der Waals surface area (Å²) in [6, 6.07) is 13.8. The average molecular weight is 431 g/mol. The summed E-state index contributed by atoms with van der Waals surface area (Å²) in [4.78, 5) is 24.2. The van der Waals surface area contributed by atoms with E-state index in [4.69, 9.17) is 9.72 Å². The van der Waals surface area contributed by atoms with Gasteiger partial charge in [0.05, 0.1) is 6.54 Å². The Bertz CT molecular complexity index is 863. The number of aryl methyl sites for hydroxylation is 1. The van der Waals surface area contributed by atoms with Crippen LogP contribution < -0.4 is 9.64 Å². The number of para-hydroxylation sites is 1. The molecule has 0 N–H and O–H groups in total. The maximum atomic E-state index is 13.0. The molecule has 162 valence electrons. The van der Waals surface area contributed by atoms with Gasteiger partial charge in [0, 0.05) is 32.6 Å². The summed E-state index contributed by atoms with van der Waals surface area (Å²) in [6.07, 6.45) is 1.99. The molecular formula is C23H31ClN4O2. The number of anilines is 1. The number of ether oxygens (including phenoxy) is 1. The van der Waals surface area contributed by atoms with E-state index >= 15 is 0 Å². The normalized spacial score (nSPS) is 19.9. The quantitative estimate of drug-likeness (QED) is 0.745. The lowest BCUT2D eigenvalue weighted by Crippen LogP contribution is -2.33. The van der Waals surface area contributed by atoms with Gasteiger partial charge in [-0.25, -0.2) is 4.98 Å². The van der Waals surface area contributed by atoms with Gasteiger partial charge in [-0.1, -0.05) is 24.3 Å². The van der Waals surface area contributed by atoms with E-state index < -0.39 is 0 Å². The van der Waals surface area contributed by atoms with Crippen LogP contribution in [-0.4, -0.2) is 73.1 Å². The van der Waals surface area contributed by atoms with Crippen LogP contribution in [0.15, 0.2) is 42.5 Å². The van der Waals surface area contributed by atoms with Gasteiger partial charge in [0.1, 0.15) is 23.4 Å². The number of rotatable bonds is 4. The maximum Gasteiger partial charge on any atom is 0.272 e. The van der Waals surface area contributed by atoms with E-state index in [0.29, 0.717) is 18.8 Å². The number of carbonyl (C=O) groups is 1. The number of halogens is 1. The van der Waals surface area contributed by atoms with E-state index in [2.05, 4.69) is 16.8 Å². The Labute approximate surface area is 185 Å². The molecule has 2 aliphatic heterocycles. The van der Waals surface area contributed by atoms with Gasteiger partial charge in [-0.15, -0.1) is 12.4 Å². The minimum atomic E-state index is -0.00493. The molecule has 1 atom stereocenters. The van der Waals surface area contributed by atoms with Crippen molar-refractivity contribution in [1.29, 1.82) is 0 Å². The van der Waals surface area contributed by atoms with Gasteiger partial charge >= 0.3 is 0 Å². The Morgan fingerprint density at radius 3 is 2.70 bits per heavy atom. The van der Waals surface area contributed by atoms with E-state index in [1.807, 2.05) is 54.3 Å². The largest absolute Gasteiger partial charge is 0.488 e. The van der Waals surface area contributed by atoms with Crippen LogP contribution in [0.3, 0.4) is 0 Å². The highest BCUT2D eigenvalue weighted by atomic mass is 35.5.